The third kappa shape index (κ3) is 5.57. The van der Waals surface area contributed by atoms with Crippen molar-refractivity contribution in [2.24, 2.45) is 4.99 Å². The van der Waals surface area contributed by atoms with Gasteiger partial charge in [-0.05, 0) is 102 Å². The molecule has 1 aliphatic carbocycles. The highest BCUT2D eigenvalue weighted by atomic mass is 32.1. The first-order chi connectivity index (χ1) is 20.6. The molecular weight excluding hydrogens is 544 g/mol. The minimum Gasteiger partial charge on any atom is -0.497 e. The number of hydrogen-bond acceptors (Lipinski definition) is 6. The van der Waals surface area contributed by atoms with Gasteiger partial charge < -0.3 is 14.2 Å². The number of aromatic nitrogens is 1. The number of thiazole rings is 1. The Morgan fingerprint density at radius 3 is 1.88 bits per heavy atom. The lowest BCUT2D eigenvalue weighted by Gasteiger charge is -2.29. The second-order valence-corrected chi connectivity index (χ2v) is 11.5. The lowest BCUT2D eigenvalue weighted by Crippen LogP contribution is -2.38. The number of nitrogens with zero attached hydrogens (tertiary/aromatic N) is 2. The highest BCUT2D eigenvalue weighted by Gasteiger charge is 2.31. The number of hydrogen-bond donors (Lipinski definition) is 0. The zero-order chi connectivity index (χ0) is 29.1. The summed E-state index contributed by atoms with van der Waals surface area (Å²) in [6, 6.07) is 23.7. The number of benzene rings is 3. The van der Waals surface area contributed by atoms with E-state index in [0.717, 1.165) is 76.5 Å². The maximum atomic E-state index is 14.1. The van der Waals surface area contributed by atoms with Gasteiger partial charge in [-0.2, -0.15) is 0 Å². The van der Waals surface area contributed by atoms with E-state index in [1.165, 1.54) is 22.5 Å². The monoisotopic (exact) mass is 578 g/mol. The molecule has 1 aromatic heterocycles. The normalized spacial score (nSPS) is 18.0. The number of ether oxygens (including phenoxy) is 3. The summed E-state index contributed by atoms with van der Waals surface area (Å²) in [6.07, 6.45) is 9.32. The van der Waals surface area contributed by atoms with Gasteiger partial charge in [0.1, 0.15) is 17.2 Å². The molecule has 42 heavy (non-hydrogen) atoms. The molecule has 1 unspecified atom stereocenters. The van der Waals surface area contributed by atoms with E-state index in [4.69, 9.17) is 19.2 Å². The lowest BCUT2D eigenvalue weighted by molar-refractivity contribution is 0.414. The van der Waals surface area contributed by atoms with E-state index in [1.807, 2.05) is 59.2 Å². The van der Waals surface area contributed by atoms with Crippen LogP contribution in [0, 0.1) is 0 Å². The second kappa shape index (κ2) is 12.2. The molecule has 0 amide bonds. The Bertz CT molecular complexity index is 1810. The van der Waals surface area contributed by atoms with Crippen LogP contribution in [0.4, 0.5) is 0 Å². The van der Waals surface area contributed by atoms with Crippen molar-refractivity contribution in [1.82, 2.24) is 4.57 Å². The molecule has 0 saturated heterocycles. The first kappa shape index (κ1) is 27.8. The molecule has 6 nitrogen and oxygen atoms in total. The molecule has 7 heteroatoms. The van der Waals surface area contributed by atoms with Crippen molar-refractivity contribution in [3.63, 3.8) is 0 Å². The molecule has 1 aliphatic heterocycles. The summed E-state index contributed by atoms with van der Waals surface area (Å²) in [5.74, 6) is 2.40. The van der Waals surface area contributed by atoms with E-state index in [0.29, 0.717) is 4.53 Å². The summed E-state index contributed by atoms with van der Waals surface area (Å²) in [7, 11) is 5.00. The van der Waals surface area contributed by atoms with Crippen molar-refractivity contribution in [2.45, 2.75) is 38.1 Å². The van der Waals surface area contributed by atoms with Crippen LogP contribution in [0.3, 0.4) is 0 Å². The highest BCUT2D eigenvalue weighted by molar-refractivity contribution is 7.07. The fourth-order valence-corrected chi connectivity index (χ4v) is 6.74. The van der Waals surface area contributed by atoms with Crippen molar-refractivity contribution in [3.8, 4) is 17.2 Å². The van der Waals surface area contributed by atoms with Gasteiger partial charge in [0.25, 0.3) is 5.56 Å². The van der Waals surface area contributed by atoms with E-state index >= 15 is 0 Å². The van der Waals surface area contributed by atoms with Crippen molar-refractivity contribution < 1.29 is 14.2 Å². The molecular formula is C35H34N2O4S. The predicted molar refractivity (Wildman–Crippen MR) is 168 cm³/mol. The number of methoxy groups -OCH3 is 3. The average molecular weight is 579 g/mol. The van der Waals surface area contributed by atoms with Crippen LogP contribution in [0.15, 0.2) is 99.4 Å². The quantitative estimate of drug-likeness (QED) is 0.270. The van der Waals surface area contributed by atoms with Crippen molar-refractivity contribution in [2.75, 3.05) is 21.3 Å². The van der Waals surface area contributed by atoms with Gasteiger partial charge in [-0.15, -0.1) is 0 Å². The van der Waals surface area contributed by atoms with Crippen LogP contribution in [0.25, 0.3) is 12.2 Å². The third-order valence-electron chi connectivity index (χ3n) is 7.93. The molecule has 0 bridgehead atoms. The Hall–Kier alpha value is -4.36. The summed E-state index contributed by atoms with van der Waals surface area (Å²) >= 11 is 1.45. The van der Waals surface area contributed by atoms with E-state index in [9.17, 15) is 4.79 Å². The van der Waals surface area contributed by atoms with Crippen LogP contribution >= 0.6 is 11.3 Å². The van der Waals surface area contributed by atoms with Crippen LogP contribution in [0.5, 0.6) is 17.2 Å². The molecule has 2 aliphatic rings. The zero-order valence-electron chi connectivity index (χ0n) is 24.1. The second-order valence-electron chi connectivity index (χ2n) is 10.5. The first-order valence-corrected chi connectivity index (χ1v) is 15.1. The highest BCUT2D eigenvalue weighted by Crippen LogP contribution is 2.39. The molecule has 0 saturated carbocycles. The molecule has 2 heterocycles. The van der Waals surface area contributed by atoms with Gasteiger partial charge in [-0.25, -0.2) is 4.99 Å². The smallest absolute Gasteiger partial charge is 0.271 e. The fourth-order valence-electron chi connectivity index (χ4n) is 5.73. The molecule has 0 spiro atoms. The van der Waals surface area contributed by atoms with Crippen LogP contribution in [0.2, 0.25) is 0 Å². The number of allylic oxidation sites excluding steroid dienone is 2. The topological polar surface area (TPSA) is 62.0 Å². The maximum absolute atomic E-state index is 14.1. The molecule has 0 fully saturated rings. The Morgan fingerprint density at radius 1 is 0.738 bits per heavy atom. The Kier molecular flexibility index (Phi) is 8.11. The van der Waals surface area contributed by atoms with Crippen molar-refractivity contribution >= 4 is 23.5 Å². The predicted octanol–water partition coefficient (Wildman–Crippen LogP) is 6.29. The van der Waals surface area contributed by atoms with Crippen molar-refractivity contribution in [1.29, 1.82) is 0 Å². The molecule has 0 radical (unpaired) electrons. The summed E-state index contributed by atoms with van der Waals surface area (Å²) in [5.41, 5.74) is 6.51. The largest absolute Gasteiger partial charge is 0.497 e. The summed E-state index contributed by atoms with van der Waals surface area (Å²) < 4.78 is 18.7. The van der Waals surface area contributed by atoms with Gasteiger partial charge in [0.2, 0.25) is 0 Å². The van der Waals surface area contributed by atoms with Crippen LogP contribution in [-0.2, 0) is 0 Å². The van der Waals surface area contributed by atoms with Gasteiger partial charge in [0, 0.05) is 0 Å². The molecule has 214 valence electrons. The van der Waals surface area contributed by atoms with Gasteiger partial charge in [0.15, 0.2) is 4.80 Å². The standard InChI is InChI=1S/C35H34N2O4S/c1-39-27-15-9-23(10-16-27)21-26-7-5-4-6-8-30-32(26)36-35-37(33(30)25-13-19-29(41-3)20-14-25)34(38)31(42-35)22-24-11-17-28(40-2)18-12-24/h9-22,33H,4-8H2,1-3H3/b26-21+,31-22+. The Labute approximate surface area is 249 Å². The number of fused-ring (bicyclic) bond motifs is 1. The molecule has 3 aromatic carbocycles. The number of rotatable bonds is 6. The van der Waals surface area contributed by atoms with E-state index in [-0.39, 0.29) is 11.6 Å². The third-order valence-corrected chi connectivity index (χ3v) is 8.92. The zero-order valence-corrected chi connectivity index (χ0v) is 24.9. The minimum atomic E-state index is -0.238. The van der Waals surface area contributed by atoms with Crippen LogP contribution in [-0.4, -0.2) is 25.9 Å². The van der Waals surface area contributed by atoms with Crippen LogP contribution in [0.1, 0.15) is 54.8 Å². The summed E-state index contributed by atoms with van der Waals surface area (Å²) in [5, 5.41) is 0. The Balaban J connectivity index is 1.56. The van der Waals surface area contributed by atoms with Crippen LogP contribution < -0.4 is 29.1 Å². The molecule has 1 atom stereocenters. The van der Waals surface area contributed by atoms with Crippen molar-refractivity contribution in [3.05, 3.63) is 126 Å². The Morgan fingerprint density at radius 2 is 1.29 bits per heavy atom. The molecule has 4 aromatic rings. The summed E-state index contributed by atoms with van der Waals surface area (Å²) in [4.78, 5) is 20.1. The molecule has 0 N–H and O–H groups in total. The fraction of sp³-hybridized carbons (Fsp3) is 0.257. The minimum absolute atomic E-state index is 0.0234. The molecule has 6 rings (SSSR count). The van der Waals surface area contributed by atoms with E-state index in [1.54, 1.807) is 21.3 Å². The van der Waals surface area contributed by atoms with Gasteiger partial charge in [0.05, 0.1) is 37.6 Å². The lowest BCUT2D eigenvalue weighted by atomic mass is 9.85. The van der Waals surface area contributed by atoms with E-state index < -0.39 is 0 Å². The van der Waals surface area contributed by atoms with Gasteiger partial charge in [-0.1, -0.05) is 54.2 Å². The van der Waals surface area contributed by atoms with E-state index in [2.05, 4.69) is 30.3 Å². The SMILES string of the molecule is COc1ccc(/C=C2\CCCCCC3=C2N=c2s/c(=C/c4ccc(OC)cc4)c(=O)n2C3c2ccc(OC)cc2)cc1. The van der Waals surface area contributed by atoms with Gasteiger partial charge >= 0.3 is 0 Å². The maximum Gasteiger partial charge on any atom is 0.271 e. The van der Waals surface area contributed by atoms with Gasteiger partial charge in [-0.3, -0.25) is 9.36 Å². The summed E-state index contributed by atoms with van der Waals surface area (Å²) in [6.45, 7) is 0. The average Bonchev–Trinajstić information content (AvgIpc) is 3.33. The first-order valence-electron chi connectivity index (χ1n) is 14.3.